The number of rotatable bonds is 3. The third-order valence-electron chi connectivity index (χ3n) is 4.75. The van der Waals surface area contributed by atoms with Crippen LogP contribution in [-0.2, 0) is 4.79 Å². The van der Waals surface area contributed by atoms with E-state index in [1.165, 1.54) is 32.4 Å². The minimum absolute atomic E-state index is 0. The molecule has 0 aromatic heterocycles. The molecular weight excluding hydrogens is 294 g/mol. The van der Waals surface area contributed by atoms with Crippen molar-refractivity contribution in [3.8, 4) is 0 Å². The smallest absolute Gasteiger partial charge is 0.163 e. The standard InChI is InChI=1S/C19H25NO.ClH/c21-19-17(14-16-8-3-1-4-9-16)10-7-11-18(19)15-20-12-5-2-6-13-20;/h1,3-4,8-9,14,18H,2,5-7,10-13,15H2;1H/b17-14+;. The molecule has 1 unspecified atom stereocenters. The molecule has 2 fully saturated rings. The lowest BCUT2D eigenvalue weighted by atomic mass is 9.83. The fourth-order valence-corrected chi connectivity index (χ4v) is 3.58. The van der Waals surface area contributed by atoms with E-state index in [0.717, 1.165) is 36.9 Å². The molecular formula is C19H26ClNO. The van der Waals surface area contributed by atoms with Gasteiger partial charge in [0, 0.05) is 12.5 Å². The van der Waals surface area contributed by atoms with Crippen LogP contribution in [-0.4, -0.2) is 30.3 Å². The average Bonchev–Trinajstić information content (AvgIpc) is 2.53. The van der Waals surface area contributed by atoms with Crippen LogP contribution in [0, 0.1) is 5.92 Å². The highest BCUT2D eigenvalue weighted by molar-refractivity contribution is 6.01. The molecule has 22 heavy (non-hydrogen) atoms. The molecule has 0 amide bonds. The van der Waals surface area contributed by atoms with Gasteiger partial charge in [-0.05, 0) is 62.4 Å². The number of hydrogen-bond donors (Lipinski definition) is 0. The molecule has 1 saturated heterocycles. The zero-order valence-corrected chi connectivity index (χ0v) is 14.0. The minimum Gasteiger partial charge on any atom is -0.303 e. The monoisotopic (exact) mass is 319 g/mol. The van der Waals surface area contributed by atoms with Gasteiger partial charge in [0.05, 0.1) is 0 Å². The van der Waals surface area contributed by atoms with Crippen molar-refractivity contribution in [2.45, 2.75) is 38.5 Å². The molecule has 0 bridgehead atoms. The van der Waals surface area contributed by atoms with Crippen LogP contribution in [0.5, 0.6) is 0 Å². The van der Waals surface area contributed by atoms with Gasteiger partial charge in [-0.1, -0.05) is 36.8 Å². The van der Waals surface area contributed by atoms with Gasteiger partial charge in [0.15, 0.2) is 5.78 Å². The summed E-state index contributed by atoms with van der Waals surface area (Å²) in [6.07, 6.45) is 9.23. The molecule has 2 nitrogen and oxygen atoms in total. The summed E-state index contributed by atoms with van der Waals surface area (Å²) in [7, 11) is 0. The van der Waals surface area contributed by atoms with Crippen molar-refractivity contribution in [2.75, 3.05) is 19.6 Å². The van der Waals surface area contributed by atoms with Gasteiger partial charge < -0.3 is 4.90 Å². The van der Waals surface area contributed by atoms with Crippen molar-refractivity contribution in [2.24, 2.45) is 5.92 Å². The van der Waals surface area contributed by atoms with Gasteiger partial charge in [0.1, 0.15) is 0 Å². The number of halogens is 1. The van der Waals surface area contributed by atoms with Gasteiger partial charge >= 0.3 is 0 Å². The number of carbonyl (C=O) groups is 1. The maximum atomic E-state index is 12.7. The molecule has 1 heterocycles. The summed E-state index contributed by atoms with van der Waals surface area (Å²) in [4.78, 5) is 15.2. The number of ketones is 1. The third-order valence-corrected chi connectivity index (χ3v) is 4.75. The predicted molar refractivity (Wildman–Crippen MR) is 94.3 cm³/mol. The molecule has 0 radical (unpaired) electrons. The van der Waals surface area contributed by atoms with Crippen LogP contribution >= 0.6 is 12.4 Å². The van der Waals surface area contributed by atoms with Crippen LogP contribution in [0.25, 0.3) is 6.08 Å². The van der Waals surface area contributed by atoms with Gasteiger partial charge in [-0.15, -0.1) is 12.4 Å². The normalized spacial score (nSPS) is 25.0. The number of likely N-dealkylation sites (tertiary alicyclic amines) is 1. The first-order valence-electron chi connectivity index (χ1n) is 8.35. The maximum absolute atomic E-state index is 12.7. The molecule has 1 aliphatic heterocycles. The summed E-state index contributed by atoms with van der Waals surface area (Å²) in [5.74, 6) is 0.627. The van der Waals surface area contributed by atoms with Crippen molar-refractivity contribution in [1.29, 1.82) is 0 Å². The van der Waals surface area contributed by atoms with Gasteiger partial charge in [0.25, 0.3) is 0 Å². The summed E-state index contributed by atoms with van der Waals surface area (Å²) in [6, 6.07) is 10.2. The number of allylic oxidation sites excluding steroid dienone is 1. The van der Waals surface area contributed by atoms with Crippen molar-refractivity contribution in [3.05, 3.63) is 41.5 Å². The Bertz CT molecular complexity index is 505. The van der Waals surface area contributed by atoms with Crippen molar-refractivity contribution in [3.63, 3.8) is 0 Å². The Morgan fingerprint density at radius 1 is 1.05 bits per heavy atom. The van der Waals surface area contributed by atoms with Gasteiger partial charge in [-0.25, -0.2) is 0 Å². The fraction of sp³-hybridized carbons (Fsp3) is 0.526. The molecule has 1 atom stereocenters. The Balaban J connectivity index is 0.00000176. The van der Waals surface area contributed by atoms with Crippen LogP contribution in [0.4, 0.5) is 0 Å². The van der Waals surface area contributed by atoms with E-state index in [0.29, 0.717) is 5.78 Å². The van der Waals surface area contributed by atoms with Crippen molar-refractivity contribution < 1.29 is 4.79 Å². The van der Waals surface area contributed by atoms with Crippen LogP contribution in [0.1, 0.15) is 44.1 Å². The molecule has 0 spiro atoms. The quantitative estimate of drug-likeness (QED) is 0.772. The highest BCUT2D eigenvalue weighted by Gasteiger charge is 2.28. The van der Waals surface area contributed by atoms with Crippen molar-refractivity contribution >= 4 is 24.3 Å². The first-order chi connectivity index (χ1) is 10.3. The third kappa shape index (κ3) is 4.44. The number of benzene rings is 1. The summed E-state index contributed by atoms with van der Waals surface area (Å²) >= 11 is 0. The Morgan fingerprint density at radius 3 is 2.50 bits per heavy atom. The van der Waals surface area contributed by atoms with Gasteiger partial charge in [-0.3, -0.25) is 4.79 Å². The Hall–Kier alpha value is -1.12. The zero-order valence-electron chi connectivity index (χ0n) is 13.2. The Labute approximate surface area is 140 Å². The number of hydrogen-bond acceptors (Lipinski definition) is 2. The number of piperidine rings is 1. The fourth-order valence-electron chi connectivity index (χ4n) is 3.58. The lowest BCUT2D eigenvalue weighted by Gasteiger charge is -2.32. The topological polar surface area (TPSA) is 20.3 Å². The molecule has 1 aromatic rings. The molecule has 1 aliphatic carbocycles. The lowest BCUT2D eigenvalue weighted by Crippen LogP contribution is -2.38. The van der Waals surface area contributed by atoms with Crippen molar-refractivity contribution in [1.82, 2.24) is 4.90 Å². The second kappa shape index (κ2) is 8.50. The van der Waals surface area contributed by atoms with E-state index >= 15 is 0 Å². The van der Waals surface area contributed by atoms with E-state index in [1.807, 2.05) is 18.2 Å². The highest BCUT2D eigenvalue weighted by atomic mass is 35.5. The average molecular weight is 320 g/mol. The SMILES string of the molecule is Cl.O=C1/C(=C/c2ccccc2)CCCC1CN1CCCCC1. The summed E-state index contributed by atoms with van der Waals surface area (Å²) < 4.78 is 0. The largest absolute Gasteiger partial charge is 0.303 e. The lowest BCUT2D eigenvalue weighted by molar-refractivity contribution is -0.121. The molecule has 1 saturated carbocycles. The molecule has 120 valence electrons. The van der Waals surface area contributed by atoms with Crippen LogP contribution in [0.2, 0.25) is 0 Å². The Kier molecular flexibility index (Phi) is 6.66. The predicted octanol–water partition coefficient (Wildman–Crippen LogP) is 4.35. The van der Waals surface area contributed by atoms with Crippen LogP contribution < -0.4 is 0 Å². The second-order valence-electron chi connectivity index (χ2n) is 6.39. The maximum Gasteiger partial charge on any atom is 0.163 e. The van der Waals surface area contributed by atoms with E-state index in [9.17, 15) is 4.79 Å². The second-order valence-corrected chi connectivity index (χ2v) is 6.39. The summed E-state index contributed by atoms with van der Waals surface area (Å²) in [5, 5.41) is 0. The molecule has 3 heteroatoms. The number of Topliss-reactive ketones (excluding diaryl/α,β-unsaturated/α-hetero) is 1. The van der Waals surface area contributed by atoms with E-state index < -0.39 is 0 Å². The van der Waals surface area contributed by atoms with Crippen LogP contribution in [0.3, 0.4) is 0 Å². The van der Waals surface area contributed by atoms with E-state index in [2.05, 4.69) is 23.1 Å². The van der Waals surface area contributed by atoms with Gasteiger partial charge in [0.2, 0.25) is 0 Å². The molecule has 0 N–H and O–H groups in total. The van der Waals surface area contributed by atoms with Crippen LogP contribution in [0.15, 0.2) is 35.9 Å². The number of carbonyl (C=O) groups excluding carboxylic acids is 1. The molecule has 2 aliphatic rings. The highest BCUT2D eigenvalue weighted by Crippen LogP contribution is 2.28. The van der Waals surface area contributed by atoms with E-state index in [4.69, 9.17) is 0 Å². The van der Waals surface area contributed by atoms with E-state index in [-0.39, 0.29) is 18.3 Å². The zero-order chi connectivity index (χ0) is 14.5. The summed E-state index contributed by atoms with van der Waals surface area (Å²) in [6.45, 7) is 3.34. The Morgan fingerprint density at radius 2 is 1.77 bits per heavy atom. The molecule has 3 rings (SSSR count). The molecule has 1 aromatic carbocycles. The first-order valence-corrected chi connectivity index (χ1v) is 8.35. The van der Waals surface area contributed by atoms with E-state index in [1.54, 1.807) is 0 Å². The first kappa shape index (κ1) is 17.2. The summed E-state index contributed by atoms with van der Waals surface area (Å²) in [5.41, 5.74) is 2.19. The number of nitrogens with zero attached hydrogens (tertiary/aromatic N) is 1. The van der Waals surface area contributed by atoms with Gasteiger partial charge in [-0.2, -0.15) is 0 Å². The minimum atomic E-state index is 0.